The lowest BCUT2D eigenvalue weighted by Crippen LogP contribution is -2.13. The maximum atomic E-state index is 12.2. The molecule has 0 aromatic heterocycles. The highest BCUT2D eigenvalue weighted by Gasteiger charge is 2.16. The van der Waals surface area contributed by atoms with Crippen LogP contribution in [0.4, 0.5) is 0 Å². The van der Waals surface area contributed by atoms with E-state index in [4.69, 9.17) is 25.8 Å². The highest BCUT2D eigenvalue weighted by atomic mass is 35.5. The first kappa shape index (κ1) is 35.7. The van der Waals surface area contributed by atoms with E-state index < -0.39 is 23.2 Å². The summed E-state index contributed by atoms with van der Waals surface area (Å²) >= 11 is 4.87. The lowest BCUT2D eigenvalue weighted by atomic mass is 10.2. The van der Waals surface area contributed by atoms with Crippen molar-refractivity contribution in [2.75, 3.05) is 0 Å². The predicted octanol–water partition coefficient (Wildman–Crippen LogP) is 7.60. The number of allylic oxidation sites excluding steroid dienone is 1. The van der Waals surface area contributed by atoms with E-state index in [1.165, 1.54) is 12.1 Å². The molecule has 0 bridgehead atoms. The zero-order chi connectivity index (χ0) is 33.2. The minimum absolute atomic E-state index is 0.0643. The summed E-state index contributed by atoms with van der Waals surface area (Å²) in [6, 6.07) is 31.5. The van der Waals surface area contributed by atoms with Crippen molar-refractivity contribution in [3.05, 3.63) is 156 Å². The molecule has 232 valence electrons. The van der Waals surface area contributed by atoms with Gasteiger partial charge in [0.05, 0.1) is 0 Å². The monoisotopic (exact) mass is 628 g/mol. The second-order valence-corrected chi connectivity index (χ2v) is 9.70. The molecule has 4 aromatic rings. The average Bonchev–Trinajstić information content (AvgIpc) is 3.04. The Kier molecular flexibility index (Phi) is 15.0. The molecule has 0 aliphatic carbocycles. The molecule has 0 aliphatic rings. The number of benzene rings is 4. The van der Waals surface area contributed by atoms with Crippen LogP contribution in [0.1, 0.15) is 45.7 Å². The van der Waals surface area contributed by atoms with Gasteiger partial charge in [-0.15, -0.1) is 0 Å². The van der Waals surface area contributed by atoms with Crippen molar-refractivity contribution in [1.29, 1.82) is 0 Å². The maximum Gasteiger partial charge on any atom is 0.342 e. The molecule has 0 atom stereocenters. The molecule has 9 heteroatoms. The second kappa shape index (κ2) is 18.9. The topological polar surface area (TPSA) is 116 Å². The Morgan fingerprint density at radius 3 is 1.47 bits per heavy atom. The summed E-state index contributed by atoms with van der Waals surface area (Å²) in [4.78, 5) is 45.2. The van der Waals surface area contributed by atoms with E-state index in [9.17, 15) is 24.3 Å². The highest BCUT2D eigenvalue weighted by molar-refractivity contribution is 6.67. The number of hydrogen-bond donors (Lipinski definition) is 1. The van der Waals surface area contributed by atoms with E-state index >= 15 is 0 Å². The fourth-order valence-corrected chi connectivity index (χ4v) is 3.16. The maximum absolute atomic E-state index is 12.2. The quantitative estimate of drug-likeness (QED) is 0.0871. The third-order valence-corrected chi connectivity index (χ3v) is 5.87. The van der Waals surface area contributed by atoms with E-state index in [0.717, 1.165) is 11.1 Å². The van der Waals surface area contributed by atoms with Crippen LogP contribution >= 0.6 is 11.6 Å². The molecular weight excluding hydrogens is 596 g/mol. The number of halogens is 1. The molecule has 0 saturated heterocycles. The van der Waals surface area contributed by atoms with Crippen LogP contribution in [0.25, 0.3) is 0 Å². The SMILES string of the molecule is C=C(C)C(=O)Cl.C=C(C)C(=O)Oc1ccccc1C(=O)OCc1ccccc1.O=C(OCc1ccccc1)c1ccccc1O. The van der Waals surface area contributed by atoms with Crippen molar-refractivity contribution in [2.24, 2.45) is 0 Å². The van der Waals surface area contributed by atoms with Crippen LogP contribution in [0.15, 0.2) is 133 Å². The van der Waals surface area contributed by atoms with Gasteiger partial charge in [-0.25, -0.2) is 14.4 Å². The van der Waals surface area contributed by atoms with Gasteiger partial charge in [-0.2, -0.15) is 0 Å². The number of phenolic OH excluding ortho intramolecular Hbond substituents is 1. The molecule has 0 radical (unpaired) electrons. The number of hydrogen-bond acceptors (Lipinski definition) is 8. The Labute approximate surface area is 267 Å². The zero-order valence-corrected chi connectivity index (χ0v) is 25.7. The number of carbonyl (C=O) groups excluding carboxylic acids is 4. The normalized spacial score (nSPS) is 9.58. The van der Waals surface area contributed by atoms with Crippen LogP contribution < -0.4 is 4.74 Å². The van der Waals surface area contributed by atoms with Gasteiger partial charge in [0.2, 0.25) is 5.24 Å². The summed E-state index contributed by atoms with van der Waals surface area (Å²) in [7, 11) is 0. The Bertz CT molecular complexity index is 1600. The van der Waals surface area contributed by atoms with Crippen molar-refractivity contribution in [2.45, 2.75) is 27.1 Å². The molecule has 0 heterocycles. The molecule has 4 aromatic carbocycles. The van der Waals surface area contributed by atoms with Gasteiger partial charge >= 0.3 is 17.9 Å². The van der Waals surface area contributed by atoms with E-state index in [2.05, 4.69) is 13.2 Å². The van der Waals surface area contributed by atoms with E-state index in [1.807, 2.05) is 60.7 Å². The fourth-order valence-electron chi connectivity index (χ4n) is 3.16. The molecule has 0 unspecified atom stereocenters. The average molecular weight is 629 g/mol. The zero-order valence-electron chi connectivity index (χ0n) is 24.9. The lowest BCUT2D eigenvalue weighted by Gasteiger charge is -2.10. The molecule has 0 spiro atoms. The number of phenols is 1. The molecule has 0 aliphatic heterocycles. The predicted molar refractivity (Wildman–Crippen MR) is 172 cm³/mol. The van der Waals surface area contributed by atoms with Gasteiger partial charge in [0.1, 0.15) is 35.8 Å². The van der Waals surface area contributed by atoms with Crippen LogP contribution in [0.5, 0.6) is 11.5 Å². The third kappa shape index (κ3) is 13.1. The van der Waals surface area contributed by atoms with Gasteiger partial charge in [-0.1, -0.05) is 98.1 Å². The molecule has 0 saturated carbocycles. The Hall–Kier alpha value is -5.47. The van der Waals surface area contributed by atoms with Crippen LogP contribution in [-0.4, -0.2) is 28.3 Å². The smallest absolute Gasteiger partial charge is 0.342 e. The van der Waals surface area contributed by atoms with Gasteiger partial charge < -0.3 is 19.3 Å². The van der Waals surface area contributed by atoms with Gasteiger partial charge in [-0.05, 0) is 60.8 Å². The number of aromatic hydroxyl groups is 1. The molecule has 45 heavy (non-hydrogen) atoms. The van der Waals surface area contributed by atoms with Gasteiger partial charge in [0.15, 0.2) is 0 Å². The molecular formula is C36H33ClO8. The second-order valence-electron chi connectivity index (χ2n) is 9.36. The largest absolute Gasteiger partial charge is 0.507 e. The van der Waals surface area contributed by atoms with E-state index in [1.54, 1.807) is 50.2 Å². The van der Waals surface area contributed by atoms with Crippen LogP contribution in [0, 0.1) is 0 Å². The number of para-hydroxylation sites is 2. The van der Waals surface area contributed by atoms with Crippen molar-refractivity contribution < 1.29 is 38.5 Å². The van der Waals surface area contributed by atoms with Crippen LogP contribution in [0.3, 0.4) is 0 Å². The molecule has 0 amide bonds. The van der Waals surface area contributed by atoms with Gasteiger partial charge in [0.25, 0.3) is 0 Å². The first-order chi connectivity index (χ1) is 21.5. The van der Waals surface area contributed by atoms with Crippen molar-refractivity contribution >= 4 is 34.8 Å². The molecule has 8 nitrogen and oxygen atoms in total. The van der Waals surface area contributed by atoms with Crippen molar-refractivity contribution in [3.8, 4) is 11.5 Å². The molecule has 1 N–H and O–H groups in total. The minimum atomic E-state index is -0.580. The molecule has 4 rings (SSSR count). The summed E-state index contributed by atoms with van der Waals surface area (Å²) in [5.74, 6) is -1.55. The Morgan fingerprint density at radius 2 is 1.02 bits per heavy atom. The Morgan fingerprint density at radius 1 is 0.622 bits per heavy atom. The fraction of sp³-hybridized carbons (Fsp3) is 0.111. The van der Waals surface area contributed by atoms with Gasteiger partial charge in [0, 0.05) is 11.1 Å². The number of ether oxygens (including phenoxy) is 3. The van der Waals surface area contributed by atoms with Crippen molar-refractivity contribution in [1.82, 2.24) is 0 Å². The minimum Gasteiger partial charge on any atom is -0.507 e. The standard InChI is InChI=1S/C18H16O4.C14H12O3.C4H5ClO/c1-13(2)17(19)22-16-11-7-6-10-15(16)18(20)21-12-14-8-4-3-5-9-14;15-13-9-5-4-8-12(13)14(16)17-10-11-6-2-1-3-7-11;1-3(2)4(5)6/h3-11H,1,12H2,2H3;1-9,15H,10H2;1H2,2H3. The summed E-state index contributed by atoms with van der Waals surface area (Å²) in [5.41, 5.74) is 2.82. The highest BCUT2D eigenvalue weighted by Crippen LogP contribution is 2.21. The third-order valence-electron chi connectivity index (χ3n) is 5.54. The number of rotatable bonds is 9. The summed E-state index contributed by atoms with van der Waals surface area (Å²) < 4.78 is 15.5. The number of esters is 3. The van der Waals surface area contributed by atoms with Crippen molar-refractivity contribution in [3.63, 3.8) is 0 Å². The summed E-state index contributed by atoms with van der Waals surface area (Å²) in [6.45, 7) is 10.2. The van der Waals surface area contributed by atoms with Crippen LogP contribution in [0.2, 0.25) is 0 Å². The van der Waals surface area contributed by atoms with Gasteiger partial charge in [-0.3, -0.25) is 4.79 Å². The van der Waals surface area contributed by atoms with E-state index in [-0.39, 0.29) is 41.4 Å². The number of carbonyl (C=O) groups is 4. The first-order valence-corrected chi connectivity index (χ1v) is 13.9. The Balaban J connectivity index is 0.000000272. The van der Waals surface area contributed by atoms with Crippen LogP contribution in [-0.2, 0) is 32.3 Å². The molecule has 0 fully saturated rings. The summed E-state index contributed by atoms with van der Waals surface area (Å²) in [5, 5.41) is 9.01. The summed E-state index contributed by atoms with van der Waals surface area (Å²) in [6.07, 6.45) is 0. The lowest BCUT2D eigenvalue weighted by molar-refractivity contribution is -0.130. The van der Waals surface area contributed by atoms with E-state index in [0.29, 0.717) is 5.57 Å². The first-order valence-electron chi connectivity index (χ1n) is 13.5.